The number of benzene rings is 17. The first-order chi connectivity index (χ1) is 57.9. The Morgan fingerprint density at radius 2 is 0.726 bits per heavy atom. The number of para-hydroxylation sites is 2. The highest BCUT2D eigenvalue weighted by Gasteiger charge is 2.58. The van der Waals surface area contributed by atoms with Crippen molar-refractivity contribution in [2.45, 2.75) is 17.0 Å². The lowest BCUT2D eigenvalue weighted by Crippen LogP contribution is -2.60. The van der Waals surface area contributed by atoms with E-state index in [2.05, 4.69) is 394 Å². The molecule has 5 aliphatic rings. The molecule has 1 aliphatic heterocycles. The molecule has 7 nitrogen and oxygen atoms in total. The van der Waals surface area contributed by atoms with E-state index in [0.717, 1.165) is 106 Å². The third kappa shape index (κ3) is 9.09. The molecule has 20 aromatic rings. The maximum atomic E-state index is 6.51. The fourth-order valence-corrected chi connectivity index (χ4v) is 21.3. The van der Waals surface area contributed by atoms with Crippen molar-refractivity contribution in [3.8, 4) is 118 Å². The van der Waals surface area contributed by atoms with Gasteiger partial charge in [-0.3, -0.25) is 0 Å². The average Bonchev–Trinajstić information content (AvgIpc) is 1.51. The van der Waals surface area contributed by atoms with Gasteiger partial charge in [0.25, 0.3) is 0 Å². The molecule has 0 radical (unpaired) electrons. The molecule has 2 unspecified atom stereocenters. The largest absolute Gasteiger partial charge is 0.456 e. The van der Waals surface area contributed by atoms with E-state index < -0.39 is 10.8 Å². The number of quaternary nitrogens is 1. The van der Waals surface area contributed by atoms with Crippen molar-refractivity contribution < 1.29 is 4.42 Å². The molecule has 4 heterocycles. The number of nitrogens with zero attached hydrogens (tertiary/aromatic N) is 6. The second-order valence-corrected chi connectivity index (χ2v) is 32.0. The molecule has 0 amide bonds. The minimum Gasteiger partial charge on any atom is -0.456 e. The SMILES string of the molecule is C[N+]1(c2cccc3c2-c2ccc(-c4ccc5c(c4)c4ccccc4n5-c4cccc(-c5ccc(-c6nc(-c7ccccc7)nc(-c7cccc8c7-c7ccc(-c9cccc%10oc%11ccccc%11c9%10)cc7C87c8ccccc8-c8ccccc87)n6)cc5)c4)cc2C32c3ccccc3-c3ccccc32)C(c2ccccc2)=NC1c1ccccc1. The Kier molecular flexibility index (Phi) is 13.9. The van der Waals surface area contributed by atoms with Crippen LogP contribution in [0.25, 0.3) is 161 Å². The van der Waals surface area contributed by atoms with Gasteiger partial charge in [0.1, 0.15) is 16.9 Å². The minimum absolute atomic E-state index is 0.138. The predicted molar refractivity (Wildman–Crippen MR) is 477 cm³/mol. The summed E-state index contributed by atoms with van der Waals surface area (Å²) in [4.78, 5) is 21.9. The molecule has 2 spiro atoms. The van der Waals surface area contributed by atoms with Gasteiger partial charge >= 0.3 is 0 Å². The van der Waals surface area contributed by atoms with Gasteiger partial charge in [-0.2, -0.15) is 4.99 Å². The number of aromatic nitrogens is 4. The maximum Gasteiger partial charge on any atom is 0.242 e. The smallest absolute Gasteiger partial charge is 0.242 e. The number of fused-ring (bicyclic) bond motifs is 26. The van der Waals surface area contributed by atoms with Crippen LogP contribution in [0.2, 0.25) is 0 Å². The van der Waals surface area contributed by atoms with Crippen molar-refractivity contribution in [3.05, 3.63) is 450 Å². The fraction of sp³-hybridized carbons (Fsp3) is 0.0364. The van der Waals surface area contributed by atoms with Crippen LogP contribution >= 0.6 is 0 Å². The highest BCUT2D eigenvalue weighted by atomic mass is 16.3. The second kappa shape index (κ2) is 24.7. The van der Waals surface area contributed by atoms with E-state index in [1.54, 1.807) is 0 Å². The van der Waals surface area contributed by atoms with Crippen molar-refractivity contribution >= 4 is 55.3 Å². The average molecular weight is 1490 g/mol. The highest BCUT2D eigenvalue weighted by molar-refractivity contribution is 6.16. The predicted octanol–water partition coefficient (Wildman–Crippen LogP) is 26.7. The van der Waals surface area contributed by atoms with Gasteiger partial charge in [0.2, 0.25) is 12.0 Å². The number of hydrogen-bond acceptors (Lipinski definition) is 5. The lowest BCUT2D eigenvalue weighted by molar-refractivity contribution is 0.326. The Morgan fingerprint density at radius 3 is 1.41 bits per heavy atom. The van der Waals surface area contributed by atoms with Crippen LogP contribution in [0.1, 0.15) is 61.8 Å². The molecular weight excluding hydrogens is 1420 g/mol. The summed E-state index contributed by atoms with van der Waals surface area (Å²) in [5.74, 6) is 2.87. The molecule has 0 N–H and O–H groups in total. The van der Waals surface area contributed by atoms with Gasteiger partial charge in [0.05, 0.1) is 34.5 Å². The molecule has 0 saturated carbocycles. The van der Waals surface area contributed by atoms with E-state index in [4.69, 9.17) is 24.4 Å². The normalized spacial score (nSPS) is 15.7. The molecule has 17 aromatic carbocycles. The number of furan rings is 1. The molecule has 25 rings (SSSR count). The van der Waals surface area contributed by atoms with E-state index in [-0.39, 0.29) is 6.17 Å². The number of hydrogen-bond donors (Lipinski definition) is 0. The van der Waals surface area contributed by atoms with Gasteiger partial charge in [-0.15, -0.1) is 0 Å². The first-order valence-corrected chi connectivity index (χ1v) is 40.4. The summed E-state index contributed by atoms with van der Waals surface area (Å²) in [6.45, 7) is 0. The molecular formula is C110H69N6O+. The standard InChI is InChI=1S/C110H69N6O/c1-116(107(70-29-7-3-8-30-70)114-108(116)71-31-9-4-10-32-71)98-50-26-48-93-103(98)84-60-57-74(65-94(84)110(93)90-45-19-13-37-80(90)81-38-14-20-46-91(81)110)73-59-62-97-87(64-73)82-39-15-21-49-96(82)115(97)76-34-23-33-72(63-76)67-53-55-69(56-54-67)105-111-104(68-27-5-2-6-28-68)112-106(113-105)86-42-24-47-92-101(86)83-61-58-75(77-41-25-52-100-102(77)85-40-16-22-51-99(85)117-100)66-95(83)109(92)88-43-17-11-35-78(88)79-36-12-18-44-89(79)109/h2-66,107H,1H3/q+1. The number of amidine groups is 1. The lowest BCUT2D eigenvalue weighted by Gasteiger charge is -2.46. The topological polar surface area (TPSA) is 69.1 Å². The number of rotatable bonds is 10. The zero-order chi connectivity index (χ0) is 76.8. The summed E-state index contributed by atoms with van der Waals surface area (Å²) in [6.07, 6.45) is -0.138. The molecule has 7 heteroatoms. The Bertz CT molecular complexity index is 7570. The third-order valence-corrected chi connectivity index (χ3v) is 26.2. The highest BCUT2D eigenvalue weighted by Crippen LogP contribution is 2.68. The van der Waals surface area contributed by atoms with Gasteiger partial charge in [0.15, 0.2) is 17.5 Å². The van der Waals surface area contributed by atoms with Crippen LogP contribution in [0.3, 0.4) is 0 Å². The molecule has 0 saturated heterocycles. The quantitative estimate of drug-likeness (QED) is 0.128. The summed E-state index contributed by atoms with van der Waals surface area (Å²) >= 11 is 0. The Labute approximate surface area is 676 Å². The Balaban J connectivity index is 0.593. The van der Waals surface area contributed by atoms with Crippen LogP contribution in [0.5, 0.6) is 0 Å². The molecule has 4 aliphatic carbocycles. The van der Waals surface area contributed by atoms with E-state index in [1.807, 2.05) is 12.1 Å². The van der Waals surface area contributed by atoms with Crippen LogP contribution in [0, 0.1) is 0 Å². The maximum absolute atomic E-state index is 6.51. The fourth-order valence-electron chi connectivity index (χ4n) is 21.3. The van der Waals surface area contributed by atoms with Crippen molar-refractivity contribution in [3.63, 3.8) is 0 Å². The zero-order valence-corrected chi connectivity index (χ0v) is 63.7. The summed E-state index contributed by atoms with van der Waals surface area (Å²) < 4.78 is 9.48. The van der Waals surface area contributed by atoms with Crippen molar-refractivity contribution in [1.29, 1.82) is 0 Å². The van der Waals surface area contributed by atoms with E-state index in [1.165, 1.54) is 105 Å². The van der Waals surface area contributed by atoms with Crippen LogP contribution in [0.15, 0.2) is 404 Å². The van der Waals surface area contributed by atoms with E-state index in [9.17, 15) is 0 Å². The summed E-state index contributed by atoms with van der Waals surface area (Å²) in [6, 6.07) is 145. The van der Waals surface area contributed by atoms with Crippen molar-refractivity contribution in [1.82, 2.24) is 24.0 Å². The van der Waals surface area contributed by atoms with Gasteiger partial charge in [-0.1, -0.05) is 322 Å². The number of aliphatic imine (C=N–C) groups is 1. The first-order valence-electron chi connectivity index (χ1n) is 40.4. The molecule has 0 fully saturated rings. The van der Waals surface area contributed by atoms with Crippen LogP contribution in [-0.4, -0.2) is 32.4 Å². The lowest BCUT2D eigenvalue weighted by atomic mass is 9.70. The monoisotopic (exact) mass is 1490 g/mol. The minimum atomic E-state index is -0.646. The zero-order valence-electron chi connectivity index (χ0n) is 63.7. The molecule has 117 heavy (non-hydrogen) atoms. The van der Waals surface area contributed by atoms with Crippen LogP contribution in [0.4, 0.5) is 5.69 Å². The van der Waals surface area contributed by atoms with Gasteiger partial charge in [0, 0.05) is 61.1 Å². The van der Waals surface area contributed by atoms with Gasteiger partial charge < -0.3 is 8.98 Å². The molecule has 544 valence electrons. The Morgan fingerprint density at radius 1 is 0.282 bits per heavy atom. The molecule has 3 aromatic heterocycles. The second-order valence-electron chi connectivity index (χ2n) is 32.0. The summed E-state index contributed by atoms with van der Waals surface area (Å²) in [5.41, 5.74) is 37.0. The molecule has 2 atom stereocenters. The molecule has 0 bridgehead atoms. The van der Waals surface area contributed by atoms with Crippen molar-refractivity contribution in [2.75, 3.05) is 7.05 Å². The van der Waals surface area contributed by atoms with Crippen LogP contribution < -0.4 is 4.48 Å². The third-order valence-electron chi connectivity index (χ3n) is 26.2. The summed E-state index contributed by atoms with van der Waals surface area (Å²) in [7, 11) is 2.38. The van der Waals surface area contributed by atoms with E-state index in [0.29, 0.717) is 22.0 Å². The van der Waals surface area contributed by atoms with Gasteiger partial charge in [-0.25, -0.2) is 19.4 Å². The van der Waals surface area contributed by atoms with E-state index >= 15 is 0 Å². The van der Waals surface area contributed by atoms with Crippen LogP contribution in [-0.2, 0) is 10.8 Å². The van der Waals surface area contributed by atoms with Gasteiger partial charge in [-0.05, 0) is 184 Å². The Hall–Kier alpha value is -15.0. The van der Waals surface area contributed by atoms with Crippen molar-refractivity contribution in [2.24, 2.45) is 4.99 Å². The first kappa shape index (κ1) is 65.5. The summed E-state index contributed by atoms with van der Waals surface area (Å²) in [5, 5.41) is 4.60.